The fourth-order valence-corrected chi connectivity index (χ4v) is 2.78. The third-order valence-corrected chi connectivity index (χ3v) is 3.99. The third kappa shape index (κ3) is 4.03. The zero-order valence-corrected chi connectivity index (χ0v) is 15.6. The number of urea groups is 1. The van der Waals surface area contributed by atoms with Gasteiger partial charge in [0.2, 0.25) is 0 Å². The normalized spacial score (nSPS) is 15.6. The van der Waals surface area contributed by atoms with Crippen LogP contribution in [0.1, 0.15) is 19.4 Å². The fourth-order valence-electron chi connectivity index (χ4n) is 2.78. The first-order chi connectivity index (χ1) is 13.5. The first-order valence-electron chi connectivity index (χ1n) is 8.90. The summed E-state index contributed by atoms with van der Waals surface area (Å²) in [5, 5.41) is 2.20. The predicted octanol–water partition coefficient (Wildman–Crippen LogP) is 3.15. The Morgan fingerprint density at radius 2 is 1.61 bits per heavy atom. The number of rotatable bonds is 6. The summed E-state index contributed by atoms with van der Waals surface area (Å²) in [6.07, 6.45) is 1.44. The van der Waals surface area contributed by atoms with E-state index in [1.54, 1.807) is 48.5 Å². The van der Waals surface area contributed by atoms with Crippen LogP contribution in [0.2, 0.25) is 0 Å². The fraction of sp³-hybridized carbons (Fsp3) is 0.190. The minimum absolute atomic E-state index is 0.137. The number of ether oxygens (including phenoxy) is 2. The van der Waals surface area contributed by atoms with Crippen molar-refractivity contribution in [3.05, 3.63) is 59.7 Å². The Labute approximate surface area is 162 Å². The number of nitrogens with one attached hydrogen (secondary N) is 1. The molecule has 1 aliphatic rings. The summed E-state index contributed by atoms with van der Waals surface area (Å²) in [5.74, 6) is -0.186. The zero-order valence-electron chi connectivity index (χ0n) is 15.6. The minimum atomic E-state index is -0.792. The molecular formula is C21H20N2O5. The lowest BCUT2D eigenvalue weighted by atomic mass is 10.1. The standard InChI is InChI=1S/C21H20N2O5/c1-3-27-16-10-8-15(9-11-16)23-20(25)18(19(24)22-21(23)26)13-14-6-5-7-17(12-14)28-4-2/h5-13H,3-4H2,1-2H3,(H,22,24,26)/b18-13+. The van der Waals surface area contributed by atoms with E-state index in [0.717, 1.165) is 4.90 Å². The van der Waals surface area contributed by atoms with E-state index in [9.17, 15) is 14.4 Å². The van der Waals surface area contributed by atoms with E-state index in [0.29, 0.717) is 36.0 Å². The molecule has 0 bridgehead atoms. The van der Waals surface area contributed by atoms with Gasteiger partial charge < -0.3 is 9.47 Å². The van der Waals surface area contributed by atoms with Crippen LogP contribution < -0.4 is 19.7 Å². The summed E-state index contributed by atoms with van der Waals surface area (Å²) >= 11 is 0. The lowest BCUT2D eigenvalue weighted by molar-refractivity contribution is -0.122. The van der Waals surface area contributed by atoms with Gasteiger partial charge in [-0.2, -0.15) is 0 Å². The van der Waals surface area contributed by atoms with Crippen LogP contribution in [0, 0.1) is 0 Å². The van der Waals surface area contributed by atoms with Crippen molar-refractivity contribution in [1.82, 2.24) is 5.32 Å². The maximum Gasteiger partial charge on any atom is 0.335 e. The highest BCUT2D eigenvalue weighted by Gasteiger charge is 2.36. The summed E-state index contributed by atoms with van der Waals surface area (Å²) in [5.41, 5.74) is 0.819. The topological polar surface area (TPSA) is 84.9 Å². The Hall–Kier alpha value is -3.61. The minimum Gasteiger partial charge on any atom is -0.494 e. The van der Waals surface area contributed by atoms with Crippen LogP contribution in [-0.4, -0.2) is 31.1 Å². The number of hydrogen-bond donors (Lipinski definition) is 1. The number of anilines is 1. The molecule has 7 nitrogen and oxygen atoms in total. The largest absolute Gasteiger partial charge is 0.494 e. The van der Waals surface area contributed by atoms with Crippen LogP contribution in [0.3, 0.4) is 0 Å². The van der Waals surface area contributed by atoms with Gasteiger partial charge in [-0.3, -0.25) is 14.9 Å². The molecule has 1 saturated heterocycles. The van der Waals surface area contributed by atoms with Crippen molar-refractivity contribution in [1.29, 1.82) is 0 Å². The average molecular weight is 380 g/mol. The van der Waals surface area contributed by atoms with Crippen molar-refractivity contribution < 1.29 is 23.9 Å². The van der Waals surface area contributed by atoms with E-state index in [1.807, 2.05) is 13.8 Å². The predicted molar refractivity (Wildman–Crippen MR) is 104 cm³/mol. The molecule has 0 spiro atoms. The highest BCUT2D eigenvalue weighted by Crippen LogP contribution is 2.25. The van der Waals surface area contributed by atoms with E-state index < -0.39 is 17.8 Å². The average Bonchev–Trinajstić information content (AvgIpc) is 2.67. The summed E-state index contributed by atoms with van der Waals surface area (Å²) in [4.78, 5) is 38.3. The smallest absolute Gasteiger partial charge is 0.335 e. The lowest BCUT2D eigenvalue weighted by Gasteiger charge is -2.26. The summed E-state index contributed by atoms with van der Waals surface area (Å²) in [7, 11) is 0. The Morgan fingerprint density at radius 3 is 2.29 bits per heavy atom. The Kier molecular flexibility index (Phi) is 5.74. The van der Waals surface area contributed by atoms with Gasteiger partial charge in [0.15, 0.2) is 0 Å². The van der Waals surface area contributed by atoms with Gasteiger partial charge >= 0.3 is 6.03 Å². The van der Waals surface area contributed by atoms with Gasteiger partial charge in [-0.15, -0.1) is 0 Å². The molecule has 7 heteroatoms. The van der Waals surface area contributed by atoms with Crippen LogP contribution in [-0.2, 0) is 9.59 Å². The van der Waals surface area contributed by atoms with E-state index in [-0.39, 0.29) is 5.57 Å². The van der Waals surface area contributed by atoms with Gasteiger partial charge in [0.1, 0.15) is 17.1 Å². The maximum atomic E-state index is 12.9. The first-order valence-corrected chi connectivity index (χ1v) is 8.90. The van der Waals surface area contributed by atoms with Gasteiger partial charge in [-0.05, 0) is 61.9 Å². The van der Waals surface area contributed by atoms with Gasteiger partial charge in [0.05, 0.1) is 18.9 Å². The number of nitrogens with zero attached hydrogens (tertiary/aromatic N) is 1. The second-order valence-corrected chi connectivity index (χ2v) is 5.89. The molecule has 0 unspecified atom stereocenters. The molecule has 3 rings (SSSR count). The summed E-state index contributed by atoms with van der Waals surface area (Å²) in [6.45, 7) is 4.73. The Morgan fingerprint density at radius 1 is 0.929 bits per heavy atom. The maximum absolute atomic E-state index is 12.9. The molecule has 0 aromatic heterocycles. The number of imide groups is 2. The van der Waals surface area contributed by atoms with Crippen LogP contribution in [0.15, 0.2) is 54.1 Å². The van der Waals surface area contributed by atoms with Crippen molar-refractivity contribution >= 4 is 29.6 Å². The molecule has 4 amide bonds. The second kappa shape index (κ2) is 8.39. The number of amides is 4. The lowest BCUT2D eigenvalue weighted by Crippen LogP contribution is -2.54. The number of barbiturate groups is 1. The molecule has 1 heterocycles. The molecule has 144 valence electrons. The van der Waals surface area contributed by atoms with Crippen molar-refractivity contribution in [2.75, 3.05) is 18.1 Å². The van der Waals surface area contributed by atoms with Crippen molar-refractivity contribution in [2.24, 2.45) is 0 Å². The quantitative estimate of drug-likeness (QED) is 0.615. The molecule has 28 heavy (non-hydrogen) atoms. The van der Waals surface area contributed by atoms with Crippen LogP contribution in [0.5, 0.6) is 11.5 Å². The molecule has 1 fully saturated rings. The van der Waals surface area contributed by atoms with Crippen LogP contribution >= 0.6 is 0 Å². The van der Waals surface area contributed by atoms with Gasteiger partial charge in [0.25, 0.3) is 11.8 Å². The second-order valence-electron chi connectivity index (χ2n) is 5.89. The molecule has 0 radical (unpaired) electrons. The van der Waals surface area contributed by atoms with Crippen molar-refractivity contribution in [3.8, 4) is 11.5 Å². The van der Waals surface area contributed by atoms with Crippen molar-refractivity contribution in [3.63, 3.8) is 0 Å². The van der Waals surface area contributed by atoms with E-state index in [2.05, 4.69) is 5.32 Å². The SMILES string of the molecule is CCOc1ccc(N2C(=O)NC(=O)/C(=C\c3cccc(OCC)c3)C2=O)cc1. The molecule has 1 N–H and O–H groups in total. The van der Waals surface area contributed by atoms with E-state index in [4.69, 9.17) is 9.47 Å². The summed E-state index contributed by atoms with van der Waals surface area (Å²) in [6, 6.07) is 12.7. The molecular weight excluding hydrogens is 360 g/mol. The molecule has 2 aromatic rings. The Balaban J connectivity index is 1.92. The molecule has 1 aliphatic heterocycles. The van der Waals surface area contributed by atoms with Crippen LogP contribution in [0.25, 0.3) is 6.08 Å². The number of carbonyl (C=O) groups excluding carboxylic acids is 3. The number of hydrogen-bond acceptors (Lipinski definition) is 5. The molecule has 0 atom stereocenters. The monoisotopic (exact) mass is 380 g/mol. The van der Waals surface area contributed by atoms with Gasteiger partial charge in [-0.1, -0.05) is 12.1 Å². The first kappa shape index (κ1) is 19.2. The highest BCUT2D eigenvalue weighted by atomic mass is 16.5. The van der Waals surface area contributed by atoms with Crippen molar-refractivity contribution in [2.45, 2.75) is 13.8 Å². The highest BCUT2D eigenvalue weighted by molar-refractivity contribution is 6.39. The van der Waals surface area contributed by atoms with Gasteiger partial charge in [0, 0.05) is 0 Å². The molecule has 0 aliphatic carbocycles. The van der Waals surface area contributed by atoms with E-state index >= 15 is 0 Å². The zero-order chi connectivity index (χ0) is 20.1. The Bertz CT molecular complexity index is 934. The molecule has 2 aromatic carbocycles. The van der Waals surface area contributed by atoms with Gasteiger partial charge in [-0.25, -0.2) is 9.69 Å². The summed E-state index contributed by atoms with van der Waals surface area (Å²) < 4.78 is 10.8. The molecule has 0 saturated carbocycles. The number of carbonyl (C=O) groups is 3. The van der Waals surface area contributed by atoms with Crippen LogP contribution in [0.4, 0.5) is 10.5 Å². The number of benzene rings is 2. The third-order valence-electron chi connectivity index (χ3n) is 3.99. The van der Waals surface area contributed by atoms with E-state index in [1.165, 1.54) is 6.08 Å².